The van der Waals surface area contributed by atoms with Crippen molar-refractivity contribution < 1.29 is 13.5 Å². The highest BCUT2D eigenvalue weighted by Crippen LogP contribution is 2.37. The lowest BCUT2D eigenvalue weighted by Crippen LogP contribution is -2.62. The molecule has 0 amide bonds. The van der Waals surface area contributed by atoms with E-state index in [9.17, 15) is 13.5 Å². The summed E-state index contributed by atoms with van der Waals surface area (Å²) in [6.45, 7) is 1.17. The van der Waals surface area contributed by atoms with Crippen molar-refractivity contribution >= 4 is 15.5 Å². The Morgan fingerprint density at radius 3 is 2.19 bits per heavy atom. The van der Waals surface area contributed by atoms with Crippen molar-refractivity contribution in [2.24, 2.45) is 0 Å². The van der Waals surface area contributed by atoms with E-state index >= 15 is 0 Å². The van der Waals surface area contributed by atoms with Gasteiger partial charge in [-0.3, -0.25) is 0 Å². The van der Waals surface area contributed by atoms with Crippen molar-refractivity contribution in [2.75, 3.05) is 18.0 Å². The molecule has 0 saturated carbocycles. The number of sulfone groups is 1. The molecular formula is C11H13NO3S. The van der Waals surface area contributed by atoms with Crippen molar-refractivity contribution in [3.8, 4) is 5.75 Å². The minimum Gasteiger partial charge on any atom is -0.508 e. The first kappa shape index (κ1) is 9.96. The number of anilines is 1. The van der Waals surface area contributed by atoms with Gasteiger partial charge in [-0.25, -0.2) is 8.42 Å². The maximum atomic E-state index is 11.6. The lowest BCUT2D eigenvalue weighted by molar-refractivity contribution is 0.459. The molecule has 3 fully saturated rings. The van der Waals surface area contributed by atoms with Gasteiger partial charge in [0.1, 0.15) is 5.75 Å². The van der Waals surface area contributed by atoms with Crippen LogP contribution in [0.3, 0.4) is 0 Å². The Hall–Kier alpha value is -1.23. The van der Waals surface area contributed by atoms with Gasteiger partial charge in [0.25, 0.3) is 0 Å². The topological polar surface area (TPSA) is 57.6 Å². The highest BCUT2D eigenvalue weighted by molar-refractivity contribution is 7.94. The summed E-state index contributed by atoms with van der Waals surface area (Å²) in [6, 6.07) is 6.91. The minimum absolute atomic E-state index is 0.181. The molecule has 3 aliphatic rings. The first-order valence-corrected chi connectivity index (χ1v) is 6.95. The minimum atomic E-state index is -2.80. The van der Waals surface area contributed by atoms with Crippen molar-refractivity contribution in [3.63, 3.8) is 0 Å². The molecular weight excluding hydrogens is 226 g/mol. The van der Waals surface area contributed by atoms with Gasteiger partial charge in [-0.2, -0.15) is 0 Å². The highest BCUT2D eigenvalue weighted by Gasteiger charge is 2.51. The maximum Gasteiger partial charge on any atom is 0.159 e. The molecule has 1 aromatic rings. The Bertz CT molecular complexity index is 491. The molecule has 1 aromatic carbocycles. The van der Waals surface area contributed by atoms with E-state index in [0.29, 0.717) is 13.1 Å². The number of hydrogen-bond donors (Lipinski definition) is 1. The van der Waals surface area contributed by atoms with Gasteiger partial charge in [0.05, 0.1) is 10.5 Å². The summed E-state index contributed by atoms with van der Waals surface area (Å²) in [7, 11) is -2.80. The van der Waals surface area contributed by atoms with Crippen LogP contribution >= 0.6 is 0 Å². The van der Waals surface area contributed by atoms with Gasteiger partial charge in [-0.1, -0.05) is 0 Å². The number of piperidine rings is 1. The molecule has 86 valence electrons. The molecule has 0 aromatic heterocycles. The van der Waals surface area contributed by atoms with Crippen LogP contribution in [0.25, 0.3) is 0 Å². The van der Waals surface area contributed by atoms with E-state index in [2.05, 4.69) is 4.90 Å². The maximum absolute atomic E-state index is 11.6. The van der Waals surface area contributed by atoms with Crippen LogP contribution in [0.1, 0.15) is 6.42 Å². The fourth-order valence-electron chi connectivity index (χ4n) is 2.51. The van der Waals surface area contributed by atoms with Gasteiger partial charge in [-0.05, 0) is 30.7 Å². The second kappa shape index (κ2) is 3.13. The number of nitrogens with zero attached hydrogens (tertiary/aromatic N) is 1. The van der Waals surface area contributed by atoms with Gasteiger partial charge in [0.15, 0.2) is 9.84 Å². The lowest BCUT2D eigenvalue weighted by Gasteiger charge is -2.47. The van der Waals surface area contributed by atoms with Crippen LogP contribution in [0.2, 0.25) is 0 Å². The third kappa shape index (κ3) is 1.31. The summed E-state index contributed by atoms with van der Waals surface area (Å²) in [5.74, 6) is 0.235. The molecule has 4 nitrogen and oxygen atoms in total. The van der Waals surface area contributed by atoms with Gasteiger partial charge in [-0.15, -0.1) is 0 Å². The fourth-order valence-corrected chi connectivity index (χ4v) is 4.47. The Morgan fingerprint density at radius 2 is 1.69 bits per heavy atom. The van der Waals surface area contributed by atoms with Crippen molar-refractivity contribution in [3.05, 3.63) is 24.3 Å². The molecule has 4 rings (SSSR count). The Kier molecular flexibility index (Phi) is 1.95. The van der Waals surface area contributed by atoms with Crippen LogP contribution in [0.4, 0.5) is 5.69 Å². The molecule has 2 atom stereocenters. The molecule has 3 aliphatic heterocycles. The zero-order valence-corrected chi connectivity index (χ0v) is 9.52. The molecule has 1 N–H and O–H groups in total. The van der Waals surface area contributed by atoms with E-state index in [0.717, 1.165) is 12.1 Å². The van der Waals surface area contributed by atoms with Crippen LogP contribution in [0, 0.1) is 0 Å². The number of benzene rings is 1. The third-order valence-electron chi connectivity index (χ3n) is 3.52. The van der Waals surface area contributed by atoms with Gasteiger partial charge < -0.3 is 10.0 Å². The van der Waals surface area contributed by atoms with Crippen LogP contribution in [0.15, 0.2) is 24.3 Å². The predicted molar refractivity (Wildman–Crippen MR) is 61.4 cm³/mol. The van der Waals surface area contributed by atoms with Crippen molar-refractivity contribution in [2.45, 2.75) is 16.9 Å². The van der Waals surface area contributed by atoms with E-state index < -0.39 is 9.84 Å². The summed E-state index contributed by atoms with van der Waals surface area (Å²) >= 11 is 0. The number of aromatic hydroxyl groups is 1. The van der Waals surface area contributed by atoms with Crippen LogP contribution in [0.5, 0.6) is 5.75 Å². The van der Waals surface area contributed by atoms with Gasteiger partial charge in [0, 0.05) is 18.8 Å². The number of fused-ring (bicyclic) bond motifs is 2. The Balaban J connectivity index is 1.83. The predicted octanol–water partition coefficient (Wildman–Crippen LogP) is 0.768. The van der Waals surface area contributed by atoms with E-state index in [-0.39, 0.29) is 16.2 Å². The van der Waals surface area contributed by atoms with Gasteiger partial charge >= 0.3 is 0 Å². The van der Waals surface area contributed by atoms with Crippen molar-refractivity contribution in [1.82, 2.24) is 0 Å². The molecule has 3 heterocycles. The Morgan fingerprint density at radius 1 is 1.12 bits per heavy atom. The summed E-state index contributed by atoms with van der Waals surface area (Å²) in [6.07, 6.45) is 0.816. The first-order valence-electron chi connectivity index (χ1n) is 5.34. The largest absolute Gasteiger partial charge is 0.508 e. The SMILES string of the molecule is O=S1(=O)C2CC1CN(c1ccc(O)cc1)C2. The Labute approximate surface area is 94.4 Å². The first-order chi connectivity index (χ1) is 7.57. The van der Waals surface area contributed by atoms with Crippen LogP contribution in [-0.4, -0.2) is 37.1 Å². The number of rotatable bonds is 1. The second-order valence-corrected chi connectivity index (χ2v) is 7.00. The molecule has 16 heavy (non-hydrogen) atoms. The van der Waals surface area contributed by atoms with E-state index in [1.54, 1.807) is 12.1 Å². The highest BCUT2D eigenvalue weighted by atomic mass is 32.2. The van der Waals surface area contributed by atoms with Crippen LogP contribution in [-0.2, 0) is 9.84 Å². The second-order valence-electron chi connectivity index (χ2n) is 4.49. The number of hydrogen-bond acceptors (Lipinski definition) is 4. The smallest absolute Gasteiger partial charge is 0.159 e. The molecule has 5 heteroatoms. The molecule has 0 aliphatic carbocycles. The fraction of sp³-hybridized carbons (Fsp3) is 0.455. The van der Waals surface area contributed by atoms with E-state index in [4.69, 9.17) is 0 Å². The standard InChI is InChI=1S/C11H13NO3S/c13-9-3-1-8(2-4-9)12-6-10-5-11(7-12)16(10,14)15/h1-4,10-11,13H,5-7H2. The van der Waals surface area contributed by atoms with Crippen molar-refractivity contribution in [1.29, 1.82) is 0 Å². The molecule has 0 spiro atoms. The monoisotopic (exact) mass is 239 g/mol. The number of phenolic OH excluding ortho intramolecular Hbond substituents is 1. The molecule has 2 unspecified atom stereocenters. The zero-order chi connectivity index (χ0) is 11.3. The summed E-state index contributed by atoms with van der Waals surface area (Å²) in [4.78, 5) is 2.08. The number of phenols is 1. The van der Waals surface area contributed by atoms with Crippen LogP contribution < -0.4 is 4.90 Å². The third-order valence-corrected chi connectivity index (χ3v) is 6.06. The normalized spacial score (nSPS) is 30.9. The molecule has 3 saturated heterocycles. The molecule has 0 radical (unpaired) electrons. The average Bonchev–Trinajstić information content (AvgIpc) is 2.30. The van der Waals surface area contributed by atoms with Gasteiger partial charge in [0.2, 0.25) is 0 Å². The average molecular weight is 239 g/mol. The van der Waals surface area contributed by atoms with E-state index in [1.165, 1.54) is 0 Å². The van der Waals surface area contributed by atoms with E-state index in [1.807, 2.05) is 12.1 Å². The summed E-state index contributed by atoms with van der Waals surface area (Å²) < 4.78 is 23.2. The zero-order valence-electron chi connectivity index (χ0n) is 8.70. The quantitative estimate of drug-likeness (QED) is 0.786. The summed E-state index contributed by atoms with van der Waals surface area (Å²) in [5, 5.41) is 8.82. The lowest BCUT2D eigenvalue weighted by atomic mass is 10.1. The summed E-state index contributed by atoms with van der Waals surface area (Å²) in [5.41, 5.74) is 0.988. The molecule has 2 bridgehead atoms.